The summed E-state index contributed by atoms with van der Waals surface area (Å²) in [5.41, 5.74) is 5.38. The van der Waals surface area contributed by atoms with Gasteiger partial charge in [-0.3, -0.25) is 14.8 Å². The number of hydrogen-bond acceptors (Lipinski definition) is 5. The third kappa shape index (κ3) is 4.53. The minimum Gasteiger partial charge on any atom is -0.454 e. The monoisotopic (exact) mass is 419 g/mol. The molecule has 0 saturated heterocycles. The number of hydrogen-bond donors (Lipinski definition) is 2. The number of aromatic nitrogens is 2. The van der Waals surface area contributed by atoms with Crippen molar-refractivity contribution in [1.82, 2.24) is 15.1 Å². The maximum absolute atomic E-state index is 12.9. The molecule has 1 aliphatic heterocycles. The van der Waals surface area contributed by atoms with Crippen LogP contribution in [0.25, 0.3) is 0 Å². The second-order valence-corrected chi connectivity index (χ2v) is 7.45. The fourth-order valence-corrected chi connectivity index (χ4v) is 3.39. The second kappa shape index (κ2) is 8.51. The fourth-order valence-electron chi connectivity index (χ4n) is 3.39. The van der Waals surface area contributed by atoms with Gasteiger partial charge in [0.15, 0.2) is 11.5 Å². The van der Waals surface area contributed by atoms with E-state index < -0.39 is 0 Å². The predicted molar refractivity (Wildman–Crippen MR) is 119 cm³/mol. The van der Waals surface area contributed by atoms with Crippen molar-refractivity contribution in [2.75, 3.05) is 12.1 Å². The number of aliphatic imine (C=N–C) groups is 1. The second-order valence-electron chi connectivity index (χ2n) is 7.45. The van der Waals surface area contributed by atoms with Crippen LogP contribution in [0.1, 0.15) is 32.9 Å². The van der Waals surface area contributed by atoms with Gasteiger partial charge >= 0.3 is 0 Å². The van der Waals surface area contributed by atoms with Crippen LogP contribution in [0.5, 0.6) is 11.5 Å². The number of rotatable bonds is 4. The fraction of sp³-hybridized carbons (Fsp3) is 0.261. The molecule has 4 rings (SSSR count). The highest BCUT2D eigenvalue weighted by molar-refractivity contribution is 6.10. The highest BCUT2D eigenvalue weighted by Gasteiger charge is 2.17. The van der Waals surface area contributed by atoms with Crippen molar-refractivity contribution in [1.29, 1.82) is 0 Å². The van der Waals surface area contributed by atoms with E-state index in [1.54, 1.807) is 18.2 Å². The molecule has 0 radical (unpaired) electrons. The Labute approximate surface area is 180 Å². The number of guanidine groups is 1. The Balaban J connectivity index is 1.59. The summed E-state index contributed by atoms with van der Waals surface area (Å²) in [5, 5.41) is 10.5. The van der Waals surface area contributed by atoms with Crippen molar-refractivity contribution < 1.29 is 14.3 Å². The number of carbonyl (C=O) groups is 1. The quantitative estimate of drug-likeness (QED) is 0.499. The lowest BCUT2D eigenvalue weighted by molar-refractivity contribution is 0.0976. The van der Waals surface area contributed by atoms with Gasteiger partial charge in [-0.1, -0.05) is 12.1 Å². The normalized spacial score (nSPS) is 12.7. The van der Waals surface area contributed by atoms with E-state index in [0.717, 1.165) is 28.2 Å². The lowest BCUT2D eigenvalue weighted by Crippen LogP contribution is -2.36. The van der Waals surface area contributed by atoms with Gasteiger partial charge in [0.1, 0.15) is 0 Å². The van der Waals surface area contributed by atoms with Gasteiger partial charge in [0.2, 0.25) is 12.8 Å². The summed E-state index contributed by atoms with van der Waals surface area (Å²) in [6, 6.07) is 13.0. The molecule has 0 atom stereocenters. The van der Waals surface area contributed by atoms with Gasteiger partial charge in [-0.05, 0) is 56.7 Å². The molecule has 8 nitrogen and oxygen atoms in total. The molecule has 0 saturated carbocycles. The van der Waals surface area contributed by atoms with Crippen LogP contribution in [0.4, 0.5) is 5.69 Å². The maximum atomic E-state index is 12.9. The molecule has 0 unspecified atom stereocenters. The van der Waals surface area contributed by atoms with Crippen molar-refractivity contribution in [3.8, 4) is 11.5 Å². The zero-order chi connectivity index (χ0) is 22.0. The number of carbonyl (C=O) groups excluding carboxylic acids is 1. The van der Waals surface area contributed by atoms with Gasteiger partial charge in [-0.2, -0.15) is 5.10 Å². The van der Waals surface area contributed by atoms with Gasteiger partial charge in [-0.25, -0.2) is 4.99 Å². The van der Waals surface area contributed by atoms with Crippen LogP contribution < -0.4 is 20.1 Å². The van der Waals surface area contributed by atoms with E-state index in [4.69, 9.17) is 9.47 Å². The number of ether oxygens (including phenoxy) is 2. The van der Waals surface area contributed by atoms with E-state index in [-0.39, 0.29) is 12.7 Å². The molecule has 0 aliphatic carbocycles. The molecule has 3 aromatic rings. The highest BCUT2D eigenvalue weighted by atomic mass is 16.7. The summed E-state index contributed by atoms with van der Waals surface area (Å²) in [5.74, 6) is 1.25. The standard InChI is InChI=1S/C23H25N5O3/c1-14-6-5-7-18(10-14)25-23(24-12-19-15(2)27-28(4)16(19)3)26-22(29)17-8-9-20-21(11-17)31-13-30-20/h5-11H,12-13H2,1-4H3,(H2,24,25,26,29). The molecule has 8 heteroatoms. The van der Waals surface area contributed by atoms with Crippen molar-refractivity contribution in [3.63, 3.8) is 0 Å². The molecule has 2 aromatic carbocycles. The van der Waals surface area contributed by atoms with Crippen LogP contribution in [0.15, 0.2) is 47.5 Å². The Morgan fingerprint density at radius 3 is 2.68 bits per heavy atom. The number of nitrogens with zero attached hydrogens (tertiary/aromatic N) is 3. The van der Waals surface area contributed by atoms with E-state index in [2.05, 4.69) is 20.7 Å². The van der Waals surface area contributed by atoms with Crippen molar-refractivity contribution >= 4 is 17.6 Å². The Morgan fingerprint density at radius 2 is 1.94 bits per heavy atom. The number of benzene rings is 2. The van der Waals surface area contributed by atoms with Gasteiger partial charge in [-0.15, -0.1) is 0 Å². The Bertz CT molecular complexity index is 1170. The first kappa shape index (κ1) is 20.5. The number of nitrogens with one attached hydrogen (secondary N) is 2. The number of amides is 1. The molecule has 31 heavy (non-hydrogen) atoms. The SMILES string of the molecule is Cc1cccc(NC(=NCc2c(C)nn(C)c2C)NC(=O)c2ccc3c(c2)OCO3)c1. The first-order valence-corrected chi connectivity index (χ1v) is 9.99. The van der Waals surface area contributed by atoms with E-state index >= 15 is 0 Å². The summed E-state index contributed by atoms with van der Waals surface area (Å²) < 4.78 is 12.5. The van der Waals surface area contributed by atoms with E-state index in [0.29, 0.717) is 29.6 Å². The molecule has 1 aromatic heterocycles. The highest BCUT2D eigenvalue weighted by Crippen LogP contribution is 2.32. The predicted octanol–water partition coefficient (Wildman–Crippen LogP) is 3.47. The van der Waals surface area contributed by atoms with Crippen LogP contribution in [0.2, 0.25) is 0 Å². The Hall–Kier alpha value is -3.81. The lowest BCUT2D eigenvalue weighted by atomic mass is 10.2. The van der Waals surface area contributed by atoms with E-state index in [1.807, 2.05) is 56.8 Å². The molecule has 0 fully saturated rings. The minimum atomic E-state index is -0.295. The molecular formula is C23H25N5O3. The van der Waals surface area contributed by atoms with Gasteiger partial charge in [0.25, 0.3) is 5.91 Å². The van der Waals surface area contributed by atoms with Crippen molar-refractivity contribution in [3.05, 3.63) is 70.5 Å². The smallest absolute Gasteiger partial charge is 0.258 e. The average Bonchev–Trinajstić information content (AvgIpc) is 3.30. The van der Waals surface area contributed by atoms with Crippen LogP contribution >= 0.6 is 0 Å². The molecule has 1 amide bonds. The van der Waals surface area contributed by atoms with Crippen LogP contribution in [-0.4, -0.2) is 28.4 Å². The third-order valence-electron chi connectivity index (χ3n) is 5.20. The molecule has 1 aliphatic rings. The summed E-state index contributed by atoms with van der Waals surface area (Å²) in [6.45, 7) is 6.52. The zero-order valence-corrected chi connectivity index (χ0v) is 18.0. The molecular weight excluding hydrogens is 394 g/mol. The lowest BCUT2D eigenvalue weighted by Gasteiger charge is -2.13. The molecule has 0 bridgehead atoms. The van der Waals surface area contributed by atoms with Crippen LogP contribution in [0, 0.1) is 20.8 Å². The van der Waals surface area contributed by atoms with Gasteiger partial charge < -0.3 is 14.8 Å². The minimum absolute atomic E-state index is 0.159. The van der Waals surface area contributed by atoms with E-state index in [1.165, 1.54) is 0 Å². The first-order chi connectivity index (χ1) is 14.9. The molecule has 160 valence electrons. The number of fused-ring (bicyclic) bond motifs is 1. The zero-order valence-electron chi connectivity index (χ0n) is 18.0. The Morgan fingerprint density at radius 1 is 1.13 bits per heavy atom. The topological polar surface area (TPSA) is 89.8 Å². The van der Waals surface area contributed by atoms with Crippen LogP contribution in [0.3, 0.4) is 0 Å². The van der Waals surface area contributed by atoms with Crippen molar-refractivity contribution in [2.45, 2.75) is 27.3 Å². The van der Waals surface area contributed by atoms with Gasteiger partial charge in [0, 0.05) is 29.6 Å². The average molecular weight is 419 g/mol. The Kier molecular flexibility index (Phi) is 5.62. The van der Waals surface area contributed by atoms with Gasteiger partial charge in [0.05, 0.1) is 12.2 Å². The molecule has 2 N–H and O–H groups in total. The van der Waals surface area contributed by atoms with Crippen LogP contribution in [-0.2, 0) is 13.6 Å². The molecule has 0 spiro atoms. The molecule has 2 heterocycles. The summed E-state index contributed by atoms with van der Waals surface area (Å²) in [7, 11) is 1.91. The third-order valence-corrected chi connectivity index (χ3v) is 5.20. The number of aryl methyl sites for hydroxylation is 3. The summed E-state index contributed by atoms with van der Waals surface area (Å²) in [4.78, 5) is 17.6. The van der Waals surface area contributed by atoms with Crippen molar-refractivity contribution in [2.24, 2.45) is 12.0 Å². The van der Waals surface area contributed by atoms with E-state index in [9.17, 15) is 4.79 Å². The largest absolute Gasteiger partial charge is 0.454 e. The number of anilines is 1. The first-order valence-electron chi connectivity index (χ1n) is 9.99. The summed E-state index contributed by atoms with van der Waals surface area (Å²) in [6.07, 6.45) is 0. The maximum Gasteiger partial charge on any atom is 0.258 e. The summed E-state index contributed by atoms with van der Waals surface area (Å²) >= 11 is 0.